The number of unbranched alkanes of at least 4 members (excludes halogenated alkanes) is 1. The zero-order valence-corrected chi connectivity index (χ0v) is 11.5. The number of halogens is 1. The summed E-state index contributed by atoms with van der Waals surface area (Å²) in [6.07, 6.45) is 2.30. The molecule has 0 aliphatic heterocycles. The molecule has 1 aromatic rings. The van der Waals surface area contributed by atoms with Crippen LogP contribution in [0, 0.1) is 0 Å². The van der Waals surface area contributed by atoms with Crippen LogP contribution in [0.25, 0.3) is 0 Å². The molecule has 0 amide bonds. The molecule has 0 heterocycles. The molecule has 0 radical (unpaired) electrons. The molecule has 2 nitrogen and oxygen atoms in total. The molecule has 0 atom stereocenters. The van der Waals surface area contributed by atoms with E-state index in [-0.39, 0.29) is 5.78 Å². The molecule has 0 bridgehead atoms. The summed E-state index contributed by atoms with van der Waals surface area (Å²) in [6.45, 7) is 3.62. The summed E-state index contributed by atoms with van der Waals surface area (Å²) in [6, 6.07) is 7.57. The molecule has 3 heteroatoms. The van der Waals surface area contributed by atoms with E-state index in [1.165, 1.54) is 0 Å². The Morgan fingerprint density at radius 2 is 2.06 bits per heavy atom. The second-order valence-corrected chi connectivity index (χ2v) is 4.85. The van der Waals surface area contributed by atoms with Crippen LogP contribution >= 0.6 is 15.9 Å². The number of benzene rings is 1. The molecule has 1 aromatic carbocycles. The van der Waals surface area contributed by atoms with Crippen LogP contribution in [0.1, 0.15) is 30.1 Å². The highest BCUT2D eigenvalue weighted by atomic mass is 79.9. The number of nitrogens with zero attached hydrogens (tertiary/aromatic N) is 1. The Kier molecular flexibility index (Phi) is 5.71. The van der Waals surface area contributed by atoms with E-state index in [2.05, 4.69) is 27.8 Å². The second kappa shape index (κ2) is 6.81. The molecule has 0 spiro atoms. The molecular weight excluding hydrogens is 266 g/mol. The fourth-order valence-electron chi connectivity index (χ4n) is 1.52. The highest BCUT2D eigenvalue weighted by Crippen LogP contribution is 2.16. The number of rotatable bonds is 6. The summed E-state index contributed by atoms with van der Waals surface area (Å²) >= 11 is 3.40. The molecule has 0 fully saturated rings. The van der Waals surface area contributed by atoms with Crippen LogP contribution in [-0.2, 0) is 0 Å². The van der Waals surface area contributed by atoms with Crippen LogP contribution < -0.4 is 0 Å². The number of hydrogen-bond donors (Lipinski definition) is 0. The van der Waals surface area contributed by atoms with Gasteiger partial charge in [-0.05, 0) is 26.1 Å². The Morgan fingerprint density at radius 1 is 1.38 bits per heavy atom. The first kappa shape index (κ1) is 13.4. The van der Waals surface area contributed by atoms with Crippen molar-refractivity contribution in [3.05, 3.63) is 34.3 Å². The lowest BCUT2D eigenvalue weighted by molar-refractivity contribution is 0.0945. The van der Waals surface area contributed by atoms with E-state index >= 15 is 0 Å². The number of likely N-dealkylation sites (N-methyl/N-ethyl adjacent to an activating group) is 1. The number of Topliss-reactive ketones (excluding diaryl/α,β-unsaturated/α-hetero) is 1. The predicted molar refractivity (Wildman–Crippen MR) is 70.9 cm³/mol. The summed E-state index contributed by atoms with van der Waals surface area (Å²) in [7, 11) is 1.99. The number of carbonyl (C=O) groups excluding carboxylic acids is 1. The van der Waals surface area contributed by atoms with Crippen LogP contribution in [0.3, 0.4) is 0 Å². The fraction of sp³-hybridized carbons (Fsp3) is 0.462. The largest absolute Gasteiger partial charge is 0.299 e. The Bertz CT molecular complexity index is 352. The van der Waals surface area contributed by atoms with Crippen LogP contribution in [0.5, 0.6) is 0 Å². The van der Waals surface area contributed by atoms with Crippen molar-refractivity contribution in [2.24, 2.45) is 0 Å². The maximum Gasteiger partial charge on any atom is 0.177 e. The van der Waals surface area contributed by atoms with Crippen molar-refractivity contribution in [2.75, 3.05) is 20.1 Å². The van der Waals surface area contributed by atoms with Gasteiger partial charge >= 0.3 is 0 Å². The molecule has 0 unspecified atom stereocenters. The first-order valence-corrected chi connectivity index (χ1v) is 6.40. The third-order valence-corrected chi connectivity index (χ3v) is 3.17. The average Bonchev–Trinajstić information content (AvgIpc) is 2.26. The van der Waals surface area contributed by atoms with Gasteiger partial charge in [-0.1, -0.05) is 47.5 Å². The van der Waals surface area contributed by atoms with Crippen molar-refractivity contribution in [2.45, 2.75) is 19.8 Å². The summed E-state index contributed by atoms with van der Waals surface area (Å²) in [5.41, 5.74) is 0.769. The maximum atomic E-state index is 12.0. The molecule has 1 rings (SSSR count). The third-order valence-electron chi connectivity index (χ3n) is 2.48. The van der Waals surface area contributed by atoms with Crippen molar-refractivity contribution in [1.29, 1.82) is 0 Å². The Balaban J connectivity index is 2.56. The zero-order chi connectivity index (χ0) is 12.0. The molecule has 0 aliphatic rings. The van der Waals surface area contributed by atoms with Crippen LogP contribution in [0.2, 0.25) is 0 Å². The van der Waals surface area contributed by atoms with Gasteiger partial charge in [-0.3, -0.25) is 9.69 Å². The maximum absolute atomic E-state index is 12.0. The fourth-order valence-corrected chi connectivity index (χ4v) is 2.03. The summed E-state index contributed by atoms with van der Waals surface area (Å²) in [4.78, 5) is 14.0. The number of carbonyl (C=O) groups is 1. The van der Waals surface area contributed by atoms with E-state index in [0.29, 0.717) is 6.54 Å². The molecule has 0 aliphatic carbocycles. The summed E-state index contributed by atoms with van der Waals surface area (Å²) in [5.74, 6) is 0.172. The quantitative estimate of drug-likeness (QED) is 0.746. The molecule has 0 aromatic heterocycles. The minimum Gasteiger partial charge on any atom is -0.299 e. The smallest absolute Gasteiger partial charge is 0.177 e. The topological polar surface area (TPSA) is 20.3 Å². The Hall–Kier alpha value is -0.670. The minimum absolute atomic E-state index is 0.172. The van der Waals surface area contributed by atoms with Crippen LogP contribution in [0.4, 0.5) is 0 Å². The van der Waals surface area contributed by atoms with Gasteiger partial charge in [-0.15, -0.1) is 0 Å². The van der Waals surface area contributed by atoms with Gasteiger partial charge in [0, 0.05) is 10.0 Å². The first-order valence-electron chi connectivity index (χ1n) is 5.61. The van der Waals surface area contributed by atoms with Gasteiger partial charge in [-0.2, -0.15) is 0 Å². The Morgan fingerprint density at radius 3 is 2.69 bits per heavy atom. The standard InChI is InChI=1S/C13H18BrNO/c1-3-4-9-15(2)10-13(16)11-7-5-6-8-12(11)14/h5-8H,3-4,9-10H2,1-2H3. The van der Waals surface area contributed by atoms with Gasteiger partial charge in [0.2, 0.25) is 0 Å². The molecule has 88 valence electrons. The molecule has 0 N–H and O–H groups in total. The minimum atomic E-state index is 0.172. The van der Waals surface area contributed by atoms with Crippen molar-refractivity contribution < 1.29 is 4.79 Å². The van der Waals surface area contributed by atoms with Crippen LogP contribution in [-0.4, -0.2) is 30.8 Å². The highest BCUT2D eigenvalue weighted by Gasteiger charge is 2.11. The average molecular weight is 284 g/mol. The van der Waals surface area contributed by atoms with E-state index in [1.54, 1.807) is 0 Å². The molecular formula is C13H18BrNO. The van der Waals surface area contributed by atoms with E-state index in [1.807, 2.05) is 31.3 Å². The van der Waals surface area contributed by atoms with Gasteiger partial charge in [0.25, 0.3) is 0 Å². The van der Waals surface area contributed by atoms with Crippen molar-refractivity contribution in [1.82, 2.24) is 4.90 Å². The van der Waals surface area contributed by atoms with E-state index in [0.717, 1.165) is 29.4 Å². The lowest BCUT2D eigenvalue weighted by Crippen LogP contribution is -2.27. The van der Waals surface area contributed by atoms with Crippen molar-refractivity contribution in [3.8, 4) is 0 Å². The molecule has 0 saturated heterocycles. The van der Waals surface area contributed by atoms with Crippen LogP contribution in [0.15, 0.2) is 28.7 Å². The predicted octanol–water partition coefficient (Wildman–Crippen LogP) is 3.36. The number of ketones is 1. The summed E-state index contributed by atoms with van der Waals surface area (Å²) < 4.78 is 0.879. The van der Waals surface area contributed by atoms with Gasteiger partial charge in [0.05, 0.1) is 6.54 Å². The number of hydrogen-bond acceptors (Lipinski definition) is 2. The monoisotopic (exact) mass is 283 g/mol. The lowest BCUT2D eigenvalue weighted by atomic mass is 10.1. The molecule has 16 heavy (non-hydrogen) atoms. The van der Waals surface area contributed by atoms with Gasteiger partial charge in [0.1, 0.15) is 0 Å². The Labute approximate surface area is 106 Å². The summed E-state index contributed by atoms with van der Waals surface area (Å²) in [5, 5.41) is 0. The van der Waals surface area contributed by atoms with Gasteiger partial charge < -0.3 is 0 Å². The lowest BCUT2D eigenvalue weighted by Gasteiger charge is -2.15. The highest BCUT2D eigenvalue weighted by molar-refractivity contribution is 9.10. The van der Waals surface area contributed by atoms with Gasteiger partial charge in [-0.25, -0.2) is 0 Å². The van der Waals surface area contributed by atoms with Crippen molar-refractivity contribution >= 4 is 21.7 Å². The third kappa shape index (κ3) is 4.06. The van der Waals surface area contributed by atoms with E-state index in [9.17, 15) is 4.79 Å². The SMILES string of the molecule is CCCCN(C)CC(=O)c1ccccc1Br. The normalized spacial score (nSPS) is 10.8. The molecule has 0 saturated carbocycles. The second-order valence-electron chi connectivity index (χ2n) is 3.99. The van der Waals surface area contributed by atoms with Crippen molar-refractivity contribution in [3.63, 3.8) is 0 Å². The first-order chi connectivity index (χ1) is 7.65. The zero-order valence-electron chi connectivity index (χ0n) is 9.87. The van der Waals surface area contributed by atoms with E-state index in [4.69, 9.17) is 0 Å². The van der Waals surface area contributed by atoms with E-state index < -0.39 is 0 Å². The van der Waals surface area contributed by atoms with Gasteiger partial charge in [0.15, 0.2) is 5.78 Å².